The Kier molecular flexibility index (Phi) is 21.2. The van der Waals surface area contributed by atoms with E-state index in [0.717, 1.165) is 17.9 Å². The lowest BCUT2D eigenvalue weighted by atomic mass is 9.94. The molecule has 0 bridgehead atoms. The molecule has 16 nitrogen and oxygen atoms in total. The van der Waals surface area contributed by atoms with Crippen LogP contribution in [0.3, 0.4) is 0 Å². The second kappa shape index (κ2) is 23.6. The molecule has 328 valence electrons. The maximum atomic E-state index is 14.4. The van der Waals surface area contributed by atoms with E-state index in [0.29, 0.717) is 38.5 Å². The highest BCUT2D eigenvalue weighted by atomic mass is 16.6. The summed E-state index contributed by atoms with van der Waals surface area (Å²) in [5.74, 6) is -5.20. The molecule has 0 aromatic heterocycles. The summed E-state index contributed by atoms with van der Waals surface area (Å²) in [4.78, 5) is 99.2. The highest BCUT2D eigenvalue weighted by molar-refractivity contribution is 5.96. The quantitative estimate of drug-likeness (QED) is 0.0894. The molecule has 0 saturated carbocycles. The molecule has 6 unspecified atom stereocenters. The van der Waals surface area contributed by atoms with Crippen molar-refractivity contribution in [3.63, 3.8) is 0 Å². The molecule has 0 aromatic rings. The van der Waals surface area contributed by atoms with E-state index in [4.69, 9.17) is 10.5 Å². The zero-order valence-electron chi connectivity index (χ0n) is 37.0. The van der Waals surface area contributed by atoms with Crippen molar-refractivity contribution >= 4 is 41.4 Å². The van der Waals surface area contributed by atoms with Gasteiger partial charge in [-0.25, -0.2) is 4.79 Å². The third-order valence-corrected chi connectivity index (χ3v) is 11.1. The minimum absolute atomic E-state index is 0.109. The molecular weight excluding hydrogens is 734 g/mol. The summed E-state index contributed by atoms with van der Waals surface area (Å²) in [5.41, 5.74) is 3.73. The molecule has 57 heavy (non-hydrogen) atoms. The van der Waals surface area contributed by atoms with E-state index in [1.807, 2.05) is 48.5 Å². The van der Waals surface area contributed by atoms with Crippen LogP contribution in [-0.4, -0.2) is 137 Å². The van der Waals surface area contributed by atoms with Gasteiger partial charge in [-0.1, -0.05) is 74.7 Å². The van der Waals surface area contributed by atoms with Gasteiger partial charge in [0.25, 0.3) is 5.91 Å². The van der Waals surface area contributed by atoms with E-state index < -0.39 is 89.4 Å². The van der Waals surface area contributed by atoms with Gasteiger partial charge in [-0.3, -0.25) is 28.8 Å². The Morgan fingerprint density at radius 2 is 1.35 bits per heavy atom. The summed E-state index contributed by atoms with van der Waals surface area (Å²) in [6, 6.07) is -5.98. The van der Waals surface area contributed by atoms with Gasteiger partial charge in [-0.2, -0.15) is 0 Å². The monoisotopic (exact) mass is 810 g/mol. The van der Waals surface area contributed by atoms with Crippen molar-refractivity contribution in [2.75, 3.05) is 27.7 Å². The smallest absolute Gasteiger partial charge is 0.332 e. The molecule has 9 atom stereocenters. The zero-order chi connectivity index (χ0) is 43.9. The number of nitrogens with zero attached hydrogens (tertiary/aromatic N) is 3. The van der Waals surface area contributed by atoms with Crippen molar-refractivity contribution in [2.45, 2.75) is 175 Å². The second-order valence-corrected chi connectivity index (χ2v) is 16.9. The molecule has 6 amide bonds. The number of nitrogens with two attached hydrogens (primary N) is 1. The van der Waals surface area contributed by atoms with Crippen LogP contribution in [0, 0.1) is 17.8 Å². The first kappa shape index (κ1) is 51.2. The topological polar surface area (TPSA) is 221 Å². The Bertz CT molecular complexity index is 1360. The predicted molar refractivity (Wildman–Crippen MR) is 218 cm³/mol. The normalized spacial score (nSPS) is 18.5. The molecule has 16 heteroatoms. The molecule has 1 fully saturated rings. The number of carbonyl (C=O) groups excluding carboxylic acids is 7. The highest BCUT2D eigenvalue weighted by Gasteiger charge is 2.45. The van der Waals surface area contributed by atoms with Crippen molar-refractivity contribution in [1.82, 2.24) is 30.7 Å². The van der Waals surface area contributed by atoms with Crippen LogP contribution in [0.15, 0.2) is 0 Å². The van der Waals surface area contributed by atoms with E-state index in [-0.39, 0.29) is 30.6 Å². The number of carbonyl (C=O) groups is 7. The van der Waals surface area contributed by atoms with Crippen LogP contribution in [0.4, 0.5) is 0 Å². The SMILES string of the molecule is CCC[C@@H](C(=O)NC(CC(C)C)C(=O)N(C)C(C(=O)OC(C(=O)N(C)[C@@H](CCC)C(N)=O)[C@H](C)CC)C(C)(C)O)N(C)C(=O)C(NC(=O)C1CCCN1)C(C)CC. The third-order valence-electron chi connectivity index (χ3n) is 11.1. The maximum absolute atomic E-state index is 14.4. The van der Waals surface area contributed by atoms with Gasteiger partial charge >= 0.3 is 5.97 Å². The lowest BCUT2D eigenvalue weighted by Gasteiger charge is -2.39. The number of esters is 1. The first-order valence-corrected chi connectivity index (χ1v) is 20.9. The predicted octanol–water partition coefficient (Wildman–Crippen LogP) is 2.10. The number of primary amides is 1. The molecule has 0 aromatic carbocycles. The summed E-state index contributed by atoms with van der Waals surface area (Å²) < 4.78 is 5.83. The van der Waals surface area contributed by atoms with Crippen LogP contribution in [-0.2, 0) is 38.3 Å². The van der Waals surface area contributed by atoms with Crippen LogP contribution < -0.4 is 21.7 Å². The molecular formula is C41H75N7O9. The Morgan fingerprint density at radius 3 is 1.81 bits per heavy atom. The Balaban J connectivity index is 3.47. The van der Waals surface area contributed by atoms with Gasteiger partial charge in [-0.15, -0.1) is 0 Å². The van der Waals surface area contributed by atoms with Crippen molar-refractivity contribution in [3.8, 4) is 0 Å². The number of hydrogen-bond donors (Lipinski definition) is 5. The number of likely N-dealkylation sites (N-methyl/N-ethyl adjacent to an activating group) is 3. The summed E-state index contributed by atoms with van der Waals surface area (Å²) in [5, 5.41) is 20.2. The number of hydrogen-bond acceptors (Lipinski definition) is 10. The van der Waals surface area contributed by atoms with Gasteiger partial charge < -0.3 is 46.2 Å². The van der Waals surface area contributed by atoms with E-state index in [2.05, 4.69) is 16.0 Å². The molecule has 1 heterocycles. The molecule has 0 radical (unpaired) electrons. The van der Waals surface area contributed by atoms with E-state index in [1.54, 1.807) is 6.92 Å². The number of amides is 6. The summed E-state index contributed by atoms with van der Waals surface area (Å²) >= 11 is 0. The van der Waals surface area contributed by atoms with Crippen LogP contribution in [0.2, 0.25) is 0 Å². The van der Waals surface area contributed by atoms with Gasteiger partial charge in [0.15, 0.2) is 12.1 Å². The average Bonchev–Trinajstić information content (AvgIpc) is 3.69. The number of aliphatic hydroxyl groups is 1. The Morgan fingerprint density at radius 1 is 0.807 bits per heavy atom. The standard InChI is InChI=1S/C41H75N7O9/c1-14-19-29(34(42)49)46(11)39(54)32(26(8)17-4)57-40(55)33(41(9,10)56)48(13)37(52)28(23-24(5)6)44-36(51)30(20-15-2)47(12)38(53)31(25(7)16-3)45-35(50)27-21-18-22-43-27/h24-33,43,56H,14-23H2,1-13H3,(H2,42,49)(H,44,51)(H,45,50)/t25?,26-,27?,28?,29+,30+,31?,32?,33?/m1/s1. The lowest BCUT2D eigenvalue weighted by Crippen LogP contribution is -2.62. The molecule has 1 aliphatic rings. The number of ether oxygens (including phenoxy) is 1. The van der Waals surface area contributed by atoms with Gasteiger partial charge in [0, 0.05) is 27.1 Å². The fourth-order valence-electron chi connectivity index (χ4n) is 7.21. The fraction of sp³-hybridized carbons (Fsp3) is 0.829. The highest BCUT2D eigenvalue weighted by Crippen LogP contribution is 2.24. The molecule has 0 spiro atoms. The van der Waals surface area contributed by atoms with E-state index in [9.17, 15) is 38.7 Å². The van der Waals surface area contributed by atoms with Crippen molar-refractivity contribution < 1.29 is 43.4 Å². The van der Waals surface area contributed by atoms with Crippen LogP contribution in [0.5, 0.6) is 0 Å². The minimum atomic E-state index is -1.87. The van der Waals surface area contributed by atoms with E-state index in [1.165, 1.54) is 44.8 Å². The zero-order valence-corrected chi connectivity index (χ0v) is 37.0. The maximum Gasteiger partial charge on any atom is 0.332 e. The van der Waals surface area contributed by atoms with Gasteiger partial charge in [0.2, 0.25) is 29.5 Å². The molecule has 6 N–H and O–H groups in total. The first-order valence-electron chi connectivity index (χ1n) is 20.9. The largest absolute Gasteiger partial charge is 0.450 e. The molecule has 0 aliphatic carbocycles. The third kappa shape index (κ3) is 14.5. The number of rotatable bonds is 24. The summed E-state index contributed by atoms with van der Waals surface area (Å²) in [7, 11) is 4.26. The van der Waals surface area contributed by atoms with Gasteiger partial charge in [0.1, 0.15) is 24.2 Å². The minimum Gasteiger partial charge on any atom is -0.450 e. The molecule has 1 aliphatic heterocycles. The Labute approximate surface area is 341 Å². The van der Waals surface area contributed by atoms with Gasteiger partial charge in [-0.05, 0) is 70.8 Å². The first-order chi connectivity index (χ1) is 26.5. The van der Waals surface area contributed by atoms with Crippen molar-refractivity contribution in [3.05, 3.63) is 0 Å². The van der Waals surface area contributed by atoms with Crippen LogP contribution in [0.25, 0.3) is 0 Å². The molecule has 1 saturated heterocycles. The van der Waals surface area contributed by atoms with Crippen molar-refractivity contribution in [1.29, 1.82) is 0 Å². The van der Waals surface area contributed by atoms with Crippen LogP contribution in [0.1, 0.15) is 127 Å². The lowest BCUT2D eigenvalue weighted by molar-refractivity contribution is -0.177. The summed E-state index contributed by atoms with van der Waals surface area (Å²) in [6.07, 6.45) is 3.03. The number of nitrogens with one attached hydrogen (secondary N) is 3. The van der Waals surface area contributed by atoms with Crippen LogP contribution >= 0.6 is 0 Å². The van der Waals surface area contributed by atoms with Crippen molar-refractivity contribution in [2.24, 2.45) is 23.5 Å². The second-order valence-electron chi connectivity index (χ2n) is 16.9. The van der Waals surface area contributed by atoms with Gasteiger partial charge in [0.05, 0.1) is 11.6 Å². The van der Waals surface area contributed by atoms with E-state index >= 15 is 0 Å². The summed E-state index contributed by atoms with van der Waals surface area (Å²) in [6.45, 7) is 18.1. The Hall–Kier alpha value is -3.79. The fourth-order valence-corrected chi connectivity index (χ4v) is 7.21. The molecule has 1 rings (SSSR count). The average molecular weight is 810 g/mol.